The topological polar surface area (TPSA) is 47.6 Å². The fraction of sp³-hybridized carbons (Fsp3) is 0.562. The largest absolute Gasteiger partial charge is 0.493 e. The third kappa shape index (κ3) is 3.73. The van der Waals surface area contributed by atoms with Crippen molar-refractivity contribution < 1.29 is 14.3 Å². The lowest BCUT2D eigenvalue weighted by Gasteiger charge is -2.16. The molecule has 0 saturated heterocycles. The number of carbonyl (C=O) groups is 1. The van der Waals surface area contributed by atoms with Gasteiger partial charge in [-0.25, -0.2) is 0 Å². The van der Waals surface area contributed by atoms with Crippen LogP contribution in [0.4, 0.5) is 0 Å². The van der Waals surface area contributed by atoms with E-state index in [0.29, 0.717) is 19.4 Å². The van der Waals surface area contributed by atoms with Gasteiger partial charge in [-0.05, 0) is 56.0 Å². The van der Waals surface area contributed by atoms with Gasteiger partial charge in [0.05, 0.1) is 13.7 Å². The number of ether oxygens (including phenoxy) is 2. The Labute approximate surface area is 120 Å². The summed E-state index contributed by atoms with van der Waals surface area (Å²) >= 11 is 0. The van der Waals surface area contributed by atoms with Gasteiger partial charge in [-0.15, -0.1) is 0 Å². The van der Waals surface area contributed by atoms with Gasteiger partial charge in [0, 0.05) is 6.42 Å². The molecule has 1 aliphatic rings. The second-order valence-corrected chi connectivity index (χ2v) is 5.13. The van der Waals surface area contributed by atoms with Gasteiger partial charge in [0.2, 0.25) is 0 Å². The average Bonchev–Trinajstić information content (AvgIpc) is 2.70. The average molecular weight is 277 g/mol. The van der Waals surface area contributed by atoms with Crippen LogP contribution >= 0.6 is 0 Å². The lowest BCUT2D eigenvalue weighted by atomic mass is 9.99. The highest BCUT2D eigenvalue weighted by Crippen LogP contribution is 2.29. The number of hydrogen-bond donors (Lipinski definition) is 1. The van der Waals surface area contributed by atoms with E-state index >= 15 is 0 Å². The van der Waals surface area contributed by atoms with Crippen molar-refractivity contribution in [3.05, 3.63) is 28.8 Å². The van der Waals surface area contributed by atoms with Crippen molar-refractivity contribution in [3.63, 3.8) is 0 Å². The molecule has 1 heterocycles. The van der Waals surface area contributed by atoms with Gasteiger partial charge in [-0.3, -0.25) is 4.79 Å². The Balaban J connectivity index is 2.01. The molecule has 0 saturated carbocycles. The van der Waals surface area contributed by atoms with Gasteiger partial charge in [0.15, 0.2) is 0 Å². The number of fused-ring (bicyclic) bond motifs is 1. The lowest BCUT2D eigenvalue weighted by molar-refractivity contribution is -0.140. The molecule has 0 unspecified atom stereocenters. The fourth-order valence-corrected chi connectivity index (χ4v) is 2.55. The predicted molar refractivity (Wildman–Crippen MR) is 78.2 cm³/mol. The minimum absolute atomic E-state index is 0.179. The summed E-state index contributed by atoms with van der Waals surface area (Å²) in [7, 11) is 1.41. The van der Waals surface area contributed by atoms with Crippen molar-refractivity contribution in [2.75, 3.05) is 26.8 Å². The molecule has 1 aromatic carbocycles. The Morgan fingerprint density at radius 2 is 2.10 bits per heavy atom. The van der Waals surface area contributed by atoms with Crippen molar-refractivity contribution in [2.45, 2.75) is 32.6 Å². The minimum Gasteiger partial charge on any atom is -0.493 e. The maximum absolute atomic E-state index is 11.1. The van der Waals surface area contributed by atoms with E-state index < -0.39 is 0 Å². The summed E-state index contributed by atoms with van der Waals surface area (Å²) in [5.74, 6) is 0.831. The summed E-state index contributed by atoms with van der Waals surface area (Å²) in [5, 5.41) is 3.41. The highest BCUT2D eigenvalue weighted by molar-refractivity contribution is 5.69. The molecule has 0 bridgehead atoms. The molecule has 2 rings (SSSR count). The summed E-state index contributed by atoms with van der Waals surface area (Å²) in [4.78, 5) is 11.1. The van der Waals surface area contributed by atoms with Gasteiger partial charge in [-0.1, -0.05) is 12.1 Å². The van der Waals surface area contributed by atoms with Crippen molar-refractivity contribution >= 4 is 5.97 Å². The van der Waals surface area contributed by atoms with Crippen molar-refractivity contribution in [1.29, 1.82) is 0 Å². The molecule has 20 heavy (non-hydrogen) atoms. The molecule has 4 nitrogen and oxygen atoms in total. The van der Waals surface area contributed by atoms with E-state index in [1.807, 2.05) is 0 Å². The van der Waals surface area contributed by atoms with Gasteiger partial charge in [0.1, 0.15) is 5.75 Å². The molecule has 0 aromatic heterocycles. The Kier molecular flexibility index (Phi) is 5.41. The Bertz CT molecular complexity index is 471. The smallest absolute Gasteiger partial charge is 0.305 e. The first kappa shape index (κ1) is 14.9. The monoisotopic (exact) mass is 277 g/mol. The first-order valence-corrected chi connectivity index (χ1v) is 7.24. The Morgan fingerprint density at radius 1 is 1.30 bits per heavy atom. The zero-order chi connectivity index (χ0) is 14.4. The SMILES string of the molecule is COC(=O)CCCOc1c(C)ccc2c1CCNCC2. The molecule has 0 amide bonds. The van der Waals surface area contributed by atoms with Crippen LogP contribution in [-0.2, 0) is 22.4 Å². The van der Waals surface area contributed by atoms with Crippen LogP contribution in [0.3, 0.4) is 0 Å². The van der Waals surface area contributed by atoms with Crippen LogP contribution in [-0.4, -0.2) is 32.8 Å². The number of esters is 1. The summed E-state index contributed by atoms with van der Waals surface area (Å²) < 4.78 is 10.6. The van der Waals surface area contributed by atoms with E-state index in [9.17, 15) is 4.79 Å². The molecule has 0 aliphatic carbocycles. The molecule has 0 atom stereocenters. The molecule has 0 fully saturated rings. The van der Waals surface area contributed by atoms with Crippen LogP contribution < -0.4 is 10.1 Å². The third-order valence-electron chi connectivity index (χ3n) is 3.68. The molecule has 1 N–H and O–H groups in total. The molecule has 0 radical (unpaired) electrons. The second-order valence-electron chi connectivity index (χ2n) is 5.13. The maximum Gasteiger partial charge on any atom is 0.305 e. The molecule has 1 aliphatic heterocycles. The first-order chi connectivity index (χ1) is 9.72. The number of hydrogen-bond acceptors (Lipinski definition) is 4. The van der Waals surface area contributed by atoms with Crippen molar-refractivity contribution in [3.8, 4) is 5.75 Å². The summed E-state index contributed by atoms with van der Waals surface area (Å²) in [6.45, 7) is 4.65. The summed E-state index contributed by atoms with van der Waals surface area (Å²) in [6, 6.07) is 4.33. The molecule has 4 heteroatoms. The number of carbonyl (C=O) groups excluding carboxylic acids is 1. The molecular weight excluding hydrogens is 254 g/mol. The van der Waals surface area contributed by atoms with Crippen molar-refractivity contribution in [1.82, 2.24) is 5.32 Å². The Morgan fingerprint density at radius 3 is 2.90 bits per heavy atom. The number of methoxy groups -OCH3 is 1. The normalized spacial score (nSPS) is 14.3. The fourth-order valence-electron chi connectivity index (χ4n) is 2.55. The lowest BCUT2D eigenvalue weighted by Crippen LogP contribution is -2.16. The zero-order valence-corrected chi connectivity index (χ0v) is 12.3. The highest BCUT2D eigenvalue weighted by Gasteiger charge is 2.15. The highest BCUT2D eigenvalue weighted by atomic mass is 16.5. The van der Waals surface area contributed by atoms with Crippen LogP contribution in [0, 0.1) is 6.92 Å². The van der Waals surface area contributed by atoms with Gasteiger partial charge < -0.3 is 14.8 Å². The predicted octanol–water partition coefficient (Wildman–Crippen LogP) is 2.02. The van der Waals surface area contributed by atoms with E-state index in [4.69, 9.17) is 4.74 Å². The standard InChI is InChI=1S/C16H23NO3/c1-12-5-6-13-7-9-17-10-8-14(13)16(12)20-11-3-4-15(18)19-2/h5-6,17H,3-4,7-11H2,1-2H3. The van der Waals surface area contributed by atoms with E-state index in [0.717, 1.165) is 31.7 Å². The quantitative estimate of drug-likeness (QED) is 0.661. The number of benzene rings is 1. The third-order valence-corrected chi connectivity index (χ3v) is 3.68. The van der Waals surface area contributed by atoms with Crippen LogP contribution in [0.2, 0.25) is 0 Å². The van der Waals surface area contributed by atoms with Crippen LogP contribution in [0.15, 0.2) is 12.1 Å². The number of aryl methyl sites for hydroxylation is 1. The van der Waals surface area contributed by atoms with Crippen LogP contribution in [0.1, 0.15) is 29.5 Å². The number of nitrogens with one attached hydrogen (secondary N) is 1. The molecule has 1 aromatic rings. The minimum atomic E-state index is -0.179. The first-order valence-electron chi connectivity index (χ1n) is 7.24. The maximum atomic E-state index is 11.1. The Hall–Kier alpha value is -1.55. The zero-order valence-electron chi connectivity index (χ0n) is 12.3. The molecule has 0 spiro atoms. The molecular formula is C16H23NO3. The summed E-state index contributed by atoms with van der Waals surface area (Å²) in [5.41, 5.74) is 3.88. The van der Waals surface area contributed by atoms with E-state index in [-0.39, 0.29) is 5.97 Å². The van der Waals surface area contributed by atoms with E-state index in [2.05, 4.69) is 29.1 Å². The van der Waals surface area contributed by atoms with E-state index in [1.165, 1.54) is 23.8 Å². The van der Waals surface area contributed by atoms with E-state index in [1.54, 1.807) is 0 Å². The van der Waals surface area contributed by atoms with Crippen LogP contribution in [0.25, 0.3) is 0 Å². The summed E-state index contributed by atoms with van der Waals surface area (Å²) in [6.07, 6.45) is 3.15. The van der Waals surface area contributed by atoms with Gasteiger partial charge in [0.25, 0.3) is 0 Å². The van der Waals surface area contributed by atoms with Crippen LogP contribution in [0.5, 0.6) is 5.75 Å². The molecule has 110 valence electrons. The van der Waals surface area contributed by atoms with Crippen molar-refractivity contribution in [2.24, 2.45) is 0 Å². The van der Waals surface area contributed by atoms with Gasteiger partial charge >= 0.3 is 5.97 Å². The number of rotatable bonds is 5. The van der Waals surface area contributed by atoms with Gasteiger partial charge in [-0.2, -0.15) is 0 Å². The second kappa shape index (κ2) is 7.29.